The summed E-state index contributed by atoms with van der Waals surface area (Å²) in [6, 6.07) is 7.42. The molecule has 0 saturated carbocycles. The highest BCUT2D eigenvalue weighted by atomic mass is 16.3. The highest BCUT2D eigenvalue weighted by Crippen LogP contribution is 2.15. The Bertz CT molecular complexity index is 411. The summed E-state index contributed by atoms with van der Waals surface area (Å²) >= 11 is 0. The van der Waals surface area contributed by atoms with Gasteiger partial charge >= 0.3 is 0 Å². The number of aliphatic hydroxyl groups is 1. The fourth-order valence-corrected chi connectivity index (χ4v) is 2.11. The van der Waals surface area contributed by atoms with E-state index in [0.29, 0.717) is 17.9 Å². The Balaban J connectivity index is 2.56. The molecule has 1 aromatic carbocycles. The predicted octanol–water partition coefficient (Wildman–Crippen LogP) is 2.52. The van der Waals surface area contributed by atoms with Gasteiger partial charge in [-0.05, 0) is 38.3 Å². The molecule has 0 spiro atoms. The molecule has 1 rings (SSSR count). The number of aryl methyl sites for hydroxylation is 1. The van der Waals surface area contributed by atoms with Crippen LogP contribution in [0.5, 0.6) is 0 Å². The third-order valence-corrected chi connectivity index (χ3v) is 2.76. The minimum Gasteiger partial charge on any atom is -0.388 e. The summed E-state index contributed by atoms with van der Waals surface area (Å²) < 4.78 is 0. The first-order valence-electron chi connectivity index (χ1n) is 6.37. The van der Waals surface area contributed by atoms with Crippen molar-refractivity contribution in [1.29, 1.82) is 0 Å². The number of amides is 1. The van der Waals surface area contributed by atoms with Crippen molar-refractivity contribution in [3.05, 3.63) is 35.4 Å². The molecule has 3 nitrogen and oxygen atoms in total. The van der Waals surface area contributed by atoms with Crippen molar-refractivity contribution in [3.8, 4) is 0 Å². The maximum absolute atomic E-state index is 11.9. The Labute approximate surface area is 109 Å². The zero-order chi connectivity index (χ0) is 13.8. The number of carbonyl (C=O) groups excluding carboxylic acids is 1. The van der Waals surface area contributed by atoms with Gasteiger partial charge in [-0.25, -0.2) is 0 Å². The van der Waals surface area contributed by atoms with E-state index in [0.717, 1.165) is 5.56 Å². The van der Waals surface area contributed by atoms with Gasteiger partial charge in [-0.1, -0.05) is 31.5 Å². The fourth-order valence-electron chi connectivity index (χ4n) is 2.11. The number of benzene rings is 1. The molecule has 18 heavy (non-hydrogen) atoms. The highest BCUT2D eigenvalue weighted by Gasteiger charge is 2.22. The maximum atomic E-state index is 11.9. The molecular weight excluding hydrogens is 226 g/mol. The predicted molar refractivity (Wildman–Crippen MR) is 73.6 cm³/mol. The Morgan fingerprint density at radius 1 is 1.44 bits per heavy atom. The van der Waals surface area contributed by atoms with Crippen LogP contribution in [0.25, 0.3) is 0 Å². The van der Waals surface area contributed by atoms with Crippen LogP contribution in [0.1, 0.15) is 43.1 Å². The van der Waals surface area contributed by atoms with Crippen molar-refractivity contribution < 1.29 is 9.90 Å². The van der Waals surface area contributed by atoms with Crippen LogP contribution in [0.4, 0.5) is 0 Å². The van der Waals surface area contributed by atoms with E-state index in [-0.39, 0.29) is 12.5 Å². The third-order valence-electron chi connectivity index (χ3n) is 2.76. The van der Waals surface area contributed by atoms with Gasteiger partial charge in [0.15, 0.2) is 0 Å². The summed E-state index contributed by atoms with van der Waals surface area (Å²) in [6.07, 6.45) is 0.668. The highest BCUT2D eigenvalue weighted by molar-refractivity contribution is 5.94. The van der Waals surface area contributed by atoms with Crippen molar-refractivity contribution in [3.63, 3.8) is 0 Å². The van der Waals surface area contributed by atoms with Crippen LogP contribution in [0.3, 0.4) is 0 Å². The molecule has 100 valence electrons. The van der Waals surface area contributed by atoms with Gasteiger partial charge in [-0.15, -0.1) is 0 Å². The molecule has 1 aromatic rings. The summed E-state index contributed by atoms with van der Waals surface area (Å²) in [5, 5.41) is 12.9. The molecule has 0 aliphatic rings. The van der Waals surface area contributed by atoms with Crippen LogP contribution < -0.4 is 5.32 Å². The van der Waals surface area contributed by atoms with E-state index in [1.165, 1.54) is 0 Å². The Morgan fingerprint density at radius 3 is 2.67 bits per heavy atom. The van der Waals surface area contributed by atoms with Crippen LogP contribution >= 0.6 is 0 Å². The molecule has 1 atom stereocenters. The largest absolute Gasteiger partial charge is 0.388 e. The second kappa shape index (κ2) is 6.01. The van der Waals surface area contributed by atoms with E-state index in [1.807, 2.05) is 25.1 Å². The third kappa shape index (κ3) is 4.88. The average Bonchev–Trinajstić information content (AvgIpc) is 2.24. The van der Waals surface area contributed by atoms with Gasteiger partial charge in [0.1, 0.15) is 0 Å². The smallest absolute Gasteiger partial charge is 0.251 e. The number of rotatable bonds is 5. The normalized spacial score (nSPS) is 14.3. The van der Waals surface area contributed by atoms with E-state index in [4.69, 9.17) is 0 Å². The lowest BCUT2D eigenvalue weighted by Gasteiger charge is -2.25. The lowest BCUT2D eigenvalue weighted by Crippen LogP contribution is -2.41. The lowest BCUT2D eigenvalue weighted by molar-refractivity contribution is 0.0368. The minimum absolute atomic E-state index is 0.136. The van der Waals surface area contributed by atoms with Gasteiger partial charge in [0, 0.05) is 12.1 Å². The fraction of sp³-hybridized carbons (Fsp3) is 0.533. The molecule has 0 aromatic heterocycles. The van der Waals surface area contributed by atoms with Crippen LogP contribution in [0, 0.1) is 12.8 Å². The van der Waals surface area contributed by atoms with Gasteiger partial charge < -0.3 is 10.4 Å². The Hall–Kier alpha value is -1.35. The minimum atomic E-state index is -0.854. The van der Waals surface area contributed by atoms with Crippen molar-refractivity contribution in [2.75, 3.05) is 6.54 Å². The zero-order valence-corrected chi connectivity index (χ0v) is 11.7. The summed E-state index contributed by atoms with van der Waals surface area (Å²) in [7, 11) is 0. The van der Waals surface area contributed by atoms with Crippen molar-refractivity contribution in [2.45, 2.75) is 39.7 Å². The molecule has 2 N–H and O–H groups in total. The molecule has 0 saturated heterocycles. The first-order chi connectivity index (χ1) is 8.30. The summed E-state index contributed by atoms with van der Waals surface area (Å²) in [4.78, 5) is 11.9. The van der Waals surface area contributed by atoms with E-state index in [2.05, 4.69) is 19.2 Å². The first kappa shape index (κ1) is 14.7. The summed E-state index contributed by atoms with van der Waals surface area (Å²) in [6.45, 7) is 8.08. The number of hydrogen-bond donors (Lipinski definition) is 2. The molecule has 0 radical (unpaired) electrons. The van der Waals surface area contributed by atoms with Crippen LogP contribution in [0.15, 0.2) is 24.3 Å². The monoisotopic (exact) mass is 249 g/mol. The van der Waals surface area contributed by atoms with E-state index < -0.39 is 5.60 Å². The van der Waals surface area contributed by atoms with Gasteiger partial charge in [-0.3, -0.25) is 4.79 Å². The maximum Gasteiger partial charge on any atom is 0.251 e. The second-order valence-electron chi connectivity index (χ2n) is 5.65. The van der Waals surface area contributed by atoms with Gasteiger partial charge in [0.2, 0.25) is 0 Å². The van der Waals surface area contributed by atoms with Gasteiger partial charge in [0.25, 0.3) is 5.91 Å². The molecule has 0 aliphatic heterocycles. The van der Waals surface area contributed by atoms with Crippen molar-refractivity contribution in [2.24, 2.45) is 5.92 Å². The first-order valence-corrected chi connectivity index (χ1v) is 6.37. The van der Waals surface area contributed by atoms with Crippen LogP contribution in [-0.2, 0) is 0 Å². The topological polar surface area (TPSA) is 49.3 Å². The summed E-state index contributed by atoms with van der Waals surface area (Å²) in [5.41, 5.74) is 0.833. The van der Waals surface area contributed by atoms with E-state index in [9.17, 15) is 9.90 Å². The number of hydrogen-bond acceptors (Lipinski definition) is 2. The van der Waals surface area contributed by atoms with E-state index >= 15 is 0 Å². The lowest BCUT2D eigenvalue weighted by atomic mass is 9.94. The van der Waals surface area contributed by atoms with Crippen LogP contribution in [-0.4, -0.2) is 23.2 Å². The molecular formula is C15H23NO2. The Kier molecular flexibility index (Phi) is 4.91. The molecule has 1 unspecified atom stereocenters. The van der Waals surface area contributed by atoms with Gasteiger partial charge in [-0.2, -0.15) is 0 Å². The molecule has 0 fully saturated rings. The number of carbonyl (C=O) groups is 1. The van der Waals surface area contributed by atoms with Gasteiger partial charge in [0.05, 0.1) is 5.60 Å². The SMILES string of the molecule is Cc1cccc(C(=O)NCC(C)(O)CC(C)C)c1. The second-order valence-corrected chi connectivity index (χ2v) is 5.65. The Morgan fingerprint density at radius 2 is 2.11 bits per heavy atom. The average molecular weight is 249 g/mol. The van der Waals surface area contributed by atoms with E-state index in [1.54, 1.807) is 13.0 Å². The van der Waals surface area contributed by atoms with Crippen molar-refractivity contribution in [1.82, 2.24) is 5.32 Å². The zero-order valence-electron chi connectivity index (χ0n) is 11.7. The standard InChI is InChI=1S/C15H23NO2/c1-11(2)9-15(4,18)10-16-14(17)13-7-5-6-12(3)8-13/h5-8,11,18H,9-10H2,1-4H3,(H,16,17). The molecule has 0 bridgehead atoms. The quantitative estimate of drug-likeness (QED) is 0.842. The van der Waals surface area contributed by atoms with Crippen molar-refractivity contribution >= 4 is 5.91 Å². The molecule has 3 heteroatoms. The molecule has 0 heterocycles. The molecule has 0 aliphatic carbocycles. The molecule has 1 amide bonds. The summed E-state index contributed by atoms with van der Waals surface area (Å²) in [5.74, 6) is 0.263. The van der Waals surface area contributed by atoms with Crippen LogP contribution in [0.2, 0.25) is 0 Å². The number of nitrogens with one attached hydrogen (secondary N) is 1.